The molecule has 0 heterocycles. The fourth-order valence-corrected chi connectivity index (χ4v) is 1.69. The van der Waals surface area contributed by atoms with E-state index in [1.54, 1.807) is 18.2 Å². The highest BCUT2D eigenvalue weighted by Gasteiger charge is 2.08. The summed E-state index contributed by atoms with van der Waals surface area (Å²) in [6, 6.07) is 4.83. The van der Waals surface area contributed by atoms with Crippen molar-refractivity contribution in [2.24, 2.45) is 0 Å². The number of amides is 1. The molecule has 1 N–H and O–H groups in total. The molecule has 0 spiro atoms. The van der Waals surface area contributed by atoms with Crippen molar-refractivity contribution in [2.45, 2.75) is 26.4 Å². The minimum Gasteiger partial charge on any atom is -0.497 e. The smallest absolute Gasteiger partial charge is 0.257 e. The highest BCUT2D eigenvalue weighted by molar-refractivity contribution is 5.81. The molecule has 0 saturated heterocycles. The van der Waals surface area contributed by atoms with Crippen LogP contribution in [0.15, 0.2) is 18.2 Å². The van der Waals surface area contributed by atoms with Crippen molar-refractivity contribution in [1.82, 2.24) is 5.32 Å². The van der Waals surface area contributed by atoms with Gasteiger partial charge >= 0.3 is 0 Å². The van der Waals surface area contributed by atoms with E-state index in [2.05, 4.69) is 5.32 Å². The van der Waals surface area contributed by atoms with E-state index in [1.807, 2.05) is 13.8 Å². The van der Waals surface area contributed by atoms with Crippen LogP contribution in [0.4, 0.5) is 0 Å². The zero-order chi connectivity index (χ0) is 16.4. The first-order chi connectivity index (χ1) is 10.6. The van der Waals surface area contributed by atoms with Crippen LogP contribution in [0.3, 0.4) is 0 Å². The van der Waals surface area contributed by atoms with E-state index in [1.165, 1.54) is 7.11 Å². The topological polar surface area (TPSA) is 73.9 Å². The zero-order valence-electron chi connectivity index (χ0n) is 13.3. The lowest BCUT2D eigenvalue weighted by atomic mass is 10.2. The summed E-state index contributed by atoms with van der Waals surface area (Å²) in [7, 11) is 1.51. The number of hydrogen-bond donors (Lipinski definition) is 1. The Kier molecular flexibility index (Phi) is 7.99. The molecule has 0 atom stereocenters. The van der Waals surface area contributed by atoms with Gasteiger partial charge in [0.15, 0.2) is 12.9 Å². The SMILES string of the molecule is COc1ccc(OCC(=O)NCCCOC(C)C)c(C=O)c1. The summed E-state index contributed by atoms with van der Waals surface area (Å²) in [5, 5.41) is 2.73. The van der Waals surface area contributed by atoms with E-state index < -0.39 is 0 Å². The molecule has 0 fully saturated rings. The number of aldehydes is 1. The molecule has 0 aliphatic carbocycles. The van der Waals surface area contributed by atoms with Gasteiger partial charge in [-0.3, -0.25) is 9.59 Å². The number of methoxy groups -OCH3 is 1. The van der Waals surface area contributed by atoms with Crippen molar-refractivity contribution >= 4 is 12.2 Å². The molecule has 0 aromatic heterocycles. The van der Waals surface area contributed by atoms with Crippen LogP contribution >= 0.6 is 0 Å². The monoisotopic (exact) mass is 309 g/mol. The number of nitrogens with one attached hydrogen (secondary N) is 1. The molecule has 6 heteroatoms. The third kappa shape index (κ3) is 6.58. The molecule has 22 heavy (non-hydrogen) atoms. The Hall–Kier alpha value is -2.08. The van der Waals surface area contributed by atoms with Crippen LogP contribution in [0.1, 0.15) is 30.6 Å². The Morgan fingerprint density at radius 3 is 2.77 bits per heavy atom. The van der Waals surface area contributed by atoms with Crippen LogP contribution in [0, 0.1) is 0 Å². The van der Waals surface area contributed by atoms with Crippen molar-refractivity contribution < 1.29 is 23.8 Å². The number of carbonyl (C=O) groups is 2. The quantitative estimate of drug-likeness (QED) is 0.527. The minimum absolute atomic E-state index is 0.141. The van der Waals surface area contributed by atoms with E-state index in [9.17, 15) is 9.59 Å². The van der Waals surface area contributed by atoms with Gasteiger partial charge in [-0.2, -0.15) is 0 Å². The normalized spacial score (nSPS) is 10.4. The largest absolute Gasteiger partial charge is 0.497 e. The molecule has 122 valence electrons. The standard InChI is InChI=1S/C16H23NO5/c1-12(2)21-8-4-7-17-16(19)11-22-15-6-5-14(20-3)9-13(15)10-18/h5-6,9-10,12H,4,7-8,11H2,1-3H3,(H,17,19). The van der Waals surface area contributed by atoms with Gasteiger partial charge in [-0.25, -0.2) is 0 Å². The Morgan fingerprint density at radius 2 is 2.14 bits per heavy atom. The molecule has 0 aliphatic heterocycles. The molecule has 0 saturated carbocycles. The molecule has 1 aromatic carbocycles. The Morgan fingerprint density at radius 1 is 1.36 bits per heavy atom. The number of carbonyl (C=O) groups excluding carboxylic acids is 2. The van der Waals surface area contributed by atoms with Crippen molar-refractivity contribution in [2.75, 3.05) is 26.9 Å². The average Bonchev–Trinajstić information content (AvgIpc) is 2.52. The van der Waals surface area contributed by atoms with E-state index in [4.69, 9.17) is 14.2 Å². The van der Waals surface area contributed by atoms with Crippen LogP contribution in [-0.4, -0.2) is 45.2 Å². The maximum absolute atomic E-state index is 11.6. The van der Waals surface area contributed by atoms with Crippen LogP contribution in [0.25, 0.3) is 0 Å². The highest BCUT2D eigenvalue weighted by atomic mass is 16.5. The summed E-state index contributed by atoms with van der Waals surface area (Å²) in [6.45, 7) is 4.92. The molecule has 6 nitrogen and oxygen atoms in total. The van der Waals surface area contributed by atoms with Gasteiger partial charge in [0.25, 0.3) is 5.91 Å². The van der Waals surface area contributed by atoms with Gasteiger partial charge in [0.05, 0.1) is 18.8 Å². The van der Waals surface area contributed by atoms with Crippen molar-refractivity contribution in [3.05, 3.63) is 23.8 Å². The predicted molar refractivity (Wildman–Crippen MR) is 82.6 cm³/mol. The lowest BCUT2D eigenvalue weighted by Gasteiger charge is -2.11. The fourth-order valence-electron chi connectivity index (χ4n) is 1.69. The van der Waals surface area contributed by atoms with Gasteiger partial charge < -0.3 is 19.5 Å². The third-order valence-corrected chi connectivity index (χ3v) is 2.80. The second kappa shape index (κ2) is 9.78. The Balaban J connectivity index is 2.33. The van der Waals surface area contributed by atoms with E-state index in [-0.39, 0.29) is 18.6 Å². The lowest BCUT2D eigenvalue weighted by molar-refractivity contribution is -0.123. The van der Waals surface area contributed by atoms with Gasteiger partial charge in [-0.15, -0.1) is 0 Å². The van der Waals surface area contributed by atoms with Crippen molar-refractivity contribution in [1.29, 1.82) is 0 Å². The summed E-state index contributed by atoms with van der Waals surface area (Å²) in [5.74, 6) is 0.676. The van der Waals surface area contributed by atoms with Gasteiger partial charge in [-0.1, -0.05) is 0 Å². The van der Waals surface area contributed by atoms with Gasteiger partial charge in [0, 0.05) is 13.2 Å². The van der Waals surface area contributed by atoms with E-state index in [0.29, 0.717) is 36.5 Å². The maximum Gasteiger partial charge on any atom is 0.257 e. The van der Waals surface area contributed by atoms with Gasteiger partial charge in [0.2, 0.25) is 0 Å². The number of ether oxygens (including phenoxy) is 3. The molecular weight excluding hydrogens is 286 g/mol. The number of benzene rings is 1. The number of rotatable bonds is 10. The first-order valence-corrected chi connectivity index (χ1v) is 7.21. The summed E-state index contributed by atoms with van der Waals surface area (Å²) in [5.41, 5.74) is 0.345. The summed E-state index contributed by atoms with van der Waals surface area (Å²) in [4.78, 5) is 22.6. The van der Waals surface area contributed by atoms with Gasteiger partial charge in [-0.05, 0) is 38.5 Å². The first-order valence-electron chi connectivity index (χ1n) is 7.21. The zero-order valence-corrected chi connectivity index (χ0v) is 13.3. The molecule has 1 rings (SSSR count). The Bertz CT molecular complexity index is 487. The molecule has 0 bridgehead atoms. The molecule has 1 amide bonds. The summed E-state index contributed by atoms with van der Waals surface area (Å²) < 4.78 is 15.8. The Labute approximate surface area is 130 Å². The fraction of sp³-hybridized carbons (Fsp3) is 0.500. The van der Waals surface area contributed by atoms with Crippen LogP contribution in [-0.2, 0) is 9.53 Å². The van der Waals surface area contributed by atoms with E-state index >= 15 is 0 Å². The lowest BCUT2D eigenvalue weighted by Crippen LogP contribution is -2.30. The highest BCUT2D eigenvalue weighted by Crippen LogP contribution is 2.22. The second-order valence-electron chi connectivity index (χ2n) is 4.93. The second-order valence-corrected chi connectivity index (χ2v) is 4.93. The van der Waals surface area contributed by atoms with Gasteiger partial charge in [0.1, 0.15) is 11.5 Å². The van der Waals surface area contributed by atoms with Crippen LogP contribution in [0.2, 0.25) is 0 Å². The van der Waals surface area contributed by atoms with Crippen LogP contribution in [0.5, 0.6) is 11.5 Å². The van der Waals surface area contributed by atoms with E-state index in [0.717, 1.165) is 6.42 Å². The third-order valence-electron chi connectivity index (χ3n) is 2.80. The molecule has 0 unspecified atom stereocenters. The molecule has 0 aliphatic rings. The number of hydrogen-bond acceptors (Lipinski definition) is 5. The molecule has 0 radical (unpaired) electrons. The van der Waals surface area contributed by atoms with Crippen LogP contribution < -0.4 is 14.8 Å². The predicted octanol–water partition coefficient (Wildman–Crippen LogP) is 1.82. The minimum atomic E-state index is -0.239. The molecular formula is C16H23NO5. The summed E-state index contributed by atoms with van der Waals surface area (Å²) >= 11 is 0. The maximum atomic E-state index is 11.6. The molecule has 1 aromatic rings. The van der Waals surface area contributed by atoms with Crippen molar-refractivity contribution in [3.8, 4) is 11.5 Å². The average molecular weight is 309 g/mol. The summed E-state index contributed by atoms with van der Waals surface area (Å²) in [6.07, 6.45) is 1.60. The first kappa shape index (κ1) is 18.0. The van der Waals surface area contributed by atoms with Crippen molar-refractivity contribution in [3.63, 3.8) is 0 Å².